The Balaban J connectivity index is 1.82. The predicted molar refractivity (Wildman–Crippen MR) is 107 cm³/mol. The molecular formula is C21H22N4O2. The summed E-state index contributed by atoms with van der Waals surface area (Å²) in [4.78, 5) is 21.2. The molecule has 0 radical (unpaired) electrons. The second-order valence-electron chi connectivity index (χ2n) is 6.32. The molecule has 0 atom stereocenters. The van der Waals surface area contributed by atoms with Crippen LogP contribution in [0.1, 0.15) is 27.2 Å². The molecule has 0 aliphatic heterocycles. The Morgan fingerprint density at radius 2 is 1.74 bits per heavy atom. The van der Waals surface area contributed by atoms with Crippen molar-refractivity contribution in [2.24, 2.45) is 0 Å². The lowest BCUT2D eigenvalue weighted by molar-refractivity contribution is 0.102. The zero-order valence-electron chi connectivity index (χ0n) is 15.8. The number of benzene rings is 2. The van der Waals surface area contributed by atoms with Crippen LogP contribution in [0.15, 0.2) is 48.7 Å². The van der Waals surface area contributed by atoms with Gasteiger partial charge in [0.05, 0.1) is 12.8 Å². The molecule has 0 saturated heterocycles. The van der Waals surface area contributed by atoms with Crippen LogP contribution in [0.2, 0.25) is 0 Å². The lowest BCUT2D eigenvalue weighted by Crippen LogP contribution is -2.15. The van der Waals surface area contributed by atoms with Gasteiger partial charge >= 0.3 is 0 Å². The van der Waals surface area contributed by atoms with E-state index in [4.69, 9.17) is 4.74 Å². The molecule has 2 N–H and O–H groups in total. The van der Waals surface area contributed by atoms with Crippen LogP contribution < -0.4 is 15.4 Å². The van der Waals surface area contributed by atoms with E-state index in [0.717, 1.165) is 16.8 Å². The molecule has 6 heteroatoms. The van der Waals surface area contributed by atoms with E-state index in [0.29, 0.717) is 17.4 Å². The van der Waals surface area contributed by atoms with Gasteiger partial charge in [0.1, 0.15) is 11.4 Å². The van der Waals surface area contributed by atoms with Gasteiger partial charge in [-0.15, -0.1) is 0 Å². The summed E-state index contributed by atoms with van der Waals surface area (Å²) >= 11 is 0. The van der Waals surface area contributed by atoms with Gasteiger partial charge in [-0.05, 0) is 50.1 Å². The molecule has 138 valence electrons. The van der Waals surface area contributed by atoms with Gasteiger partial charge in [0.2, 0.25) is 5.95 Å². The number of para-hydroxylation sites is 2. The van der Waals surface area contributed by atoms with Gasteiger partial charge in [-0.2, -0.15) is 0 Å². The van der Waals surface area contributed by atoms with Gasteiger partial charge in [-0.1, -0.05) is 29.8 Å². The maximum absolute atomic E-state index is 12.6. The van der Waals surface area contributed by atoms with E-state index in [1.54, 1.807) is 31.5 Å². The molecule has 0 spiro atoms. The normalized spacial score (nSPS) is 10.4. The highest BCUT2D eigenvalue weighted by Crippen LogP contribution is 2.25. The molecular weight excluding hydrogens is 340 g/mol. The molecule has 1 amide bonds. The third-order valence-electron chi connectivity index (χ3n) is 4.16. The Morgan fingerprint density at radius 3 is 2.44 bits per heavy atom. The highest BCUT2D eigenvalue weighted by molar-refractivity contribution is 6.03. The second kappa shape index (κ2) is 7.86. The summed E-state index contributed by atoms with van der Waals surface area (Å²) < 4.78 is 5.26. The number of carbonyl (C=O) groups is 1. The number of ether oxygens (including phenoxy) is 1. The summed E-state index contributed by atoms with van der Waals surface area (Å²) in [5.74, 6) is 0.629. The Bertz CT molecular complexity index is 962. The van der Waals surface area contributed by atoms with Crippen LogP contribution in [0.4, 0.5) is 17.3 Å². The molecule has 3 rings (SSSR count). The summed E-state index contributed by atoms with van der Waals surface area (Å²) in [6.45, 7) is 6.12. The number of anilines is 3. The number of hydrogen-bond donors (Lipinski definition) is 2. The largest absolute Gasteiger partial charge is 0.495 e. The molecule has 2 aromatic carbocycles. The number of methoxy groups -OCH3 is 1. The Kier molecular flexibility index (Phi) is 5.35. The zero-order chi connectivity index (χ0) is 19.4. The molecule has 0 bridgehead atoms. The Labute approximate surface area is 158 Å². The van der Waals surface area contributed by atoms with E-state index in [-0.39, 0.29) is 11.6 Å². The number of carbonyl (C=O) groups excluding carboxylic acids is 1. The minimum atomic E-state index is -0.331. The number of rotatable bonds is 5. The summed E-state index contributed by atoms with van der Waals surface area (Å²) in [5, 5.41) is 6.04. The van der Waals surface area contributed by atoms with E-state index in [1.165, 1.54) is 5.56 Å². The standard InChI is InChI=1S/C21H22N4O2/c1-13-11-14(2)19(15(3)12-13)25-21-22-10-9-17(24-21)20(26)23-16-7-5-6-8-18(16)27-4/h5-12H,1-4H3,(H,23,26)(H,22,24,25). The van der Waals surface area contributed by atoms with Crippen molar-refractivity contribution in [2.75, 3.05) is 17.7 Å². The van der Waals surface area contributed by atoms with E-state index in [9.17, 15) is 4.79 Å². The average Bonchev–Trinajstić information content (AvgIpc) is 2.65. The van der Waals surface area contributed by atoms with Crippen molar-refractivity contribution < 1.29 is 9.53 Å². The topological polar surface area (TPSA) is 76.1 Å². The smallest absolute Gasteiger partial charge is 0.274 e. The molecule has 0 unspecified atom stereocenters. The number of nitrogens with zero attached hydrogens (tertiary/aromatic N) is 2. The van der Waals surface area contributed by atoms with Gasteiger partial charge in [-0.3, -0.25) is 4.79 Å². The van der Waals surface area contributed by atoms with Crippen molar-refractivity contribution in [3.8, 4) is 5.75 Å². The van der Waals surface area contributed by atoms with Gasteiger partial charge in [-0.25, -0.2) is 9.97 Å². The first-order valence-electron chi connectivity index (χ1n) is 8.60. The fourth-order valence-corrected chi connectivity index (χ4v) is 2.97. The monoisotopic (exact) mass is 362 g/mol. The van der Waals surface area contributed by atoms with Gasteiger partial charge in [0.25, 0.3) is 5.91 Å². The lowest BCUT2D eigenvalue weighted by atomic mass is 10.1. The first-order valence-corrected chi connectivity index (χ1v) is 8.60. The highest BCUT2D eigenvalue weighted by Gasteiger charge is 2.13. The minimum Gasteiger partial charge on any atom is -0.495 e. The van der Waals surface area contributed by atoms with Crippen molar-refractivity contribution in [2.45, 2.75) is 20.8 Å². The molecule has 1 aromatic heterocycles. The van der Waals surface area contributed by atoms with Crippen molar-refractivity contribution in [1.29, 1.82) is 0 Å². The van der Waals surface area contributed by atoms with E-state index >= 15 is 0 Å². The molecule has 3 aromatic rings. The first kappa shape index (κ1) is 18.4. The van der Waals surface area contributed by atoms with E-state index in [1.807, 2.05) is 26.0 Å². The van der Waals surface area contributed by atoms with Crippen molar-refractivity contribution in [1.82, 2.24) is 9.97 Å². The number of hydrogen-bond acceptors (Lipinski definition) is 5. The van der Waals surface area contributed by atoms with Crippen LogP contribution in [0.5, 0.6) is 5.75 Å². The van der Waals surface area contributed by atoms with Crippen LogP contribution in [-0.4, -0.2) is 23.0 Å². The SMILES string of the molecule is COc1ccccc1NC(=O)c1ccnc(Nc2c(C)cc(C)cc2C)n1. The highest BCUT2D eigenvalue weighted by atomic mass is 16.5. The third kappa shape index (κ3) is 4.23. The molecule has 27 heavy (non-hydrogen) atoms. The average molecular weight is 362 g/mol. The molecule has 6 nitrogen and oxygen atoms in total. The number of nitrogens with one attached hydrogen (secondary N) is 2. The van der Waals surface area contributed by atoms with E-state index in [2.05, 4.69) is 39.7 Å². The summed E-state index contributed by atoms with van der Waals surface area (Å²) in [6, 6.07) is 13.0. The first-order chi connectivity index (χ1) is 13.0. The molecule has 0 fully saturated rings. The summed E-state index contributed by atoms with van der Waals surface area (Å²) in [7, 11) is 1.56. The number of aryl methyl sites for hydroxylation is 3. The lowest BCUT2D eigenvalue weighted by Gasteiger charge is -2.13. The number of aromatic nitrogens is 2. The van der Waals surface area contributed by atoms with Gasteiger partial charge in [0.15, 0.2) is 0 Å². The van der Waals surface area contributed by atoms with Crippen LogP contribution in [0, 0.1) is 20.8 Å². The summed E-state index contributed by atoms with van der Waals surface area (Å²) in [5.41, 5.74) is 5.19. The second-order valence-corrected chi connectivity index (χ2v) is 6.32. The van der Waals surface area contributed by atoms with Crippen molar-refractivity contribution in [3.63, 3.8) is 0 Å². The van der Waals surface area contributed by atoms with Gasteiger partial charge < -0.3 is 15.4 Å². The fourth-order valence-electron chi connectivity index (χ4n) is 2.97. The van der Waals surface area contributed by atoms with Crippen molar-refractivity contribution in [3.05, 3.63) is 71.0 Å². The Morgan fingerprint density at radius 1 is 1.04 bits per heavy atom. The maximum atomic E-state index is 12.6. The molecule has 0 aliphatic rings. The molecule has 0 saturated carbocycles. The quantitative estimate of drug-likeness (QED) is 0.703. The molecule has 0 aliphatic carbocycles. The Hall–Kier alpha value is -3.41. The van der Waals surface area contributed by atoms with E-state index < -0.39 is 0 Å². The number of amides is 1. The fraction of sp³-hybridized carbons (Fsp3) is 0.190. The predicted octanol–water partition coefficient (Wildman–Crippen LogP) is 4.41. The van der Waals surface area contributed by atoms with Crippen LogP contribution in [-0.2, 0) is 0 Å². The van der Waals surface area contributed by atoms with Gasteiger partial charge in [0, 0.05) is 11.9 Å². The summed E-state index contributed by atoms with van der Waals surface area (Å²) in [6.07, 6.45) is 1.56. The van der Waals surface area contributed by atoms with Crippen LogP contribution in [0.3, 0.4) is 0 Å². The van der Waals surface area contributed by atoms with Crippen LogP contribution in [0.25, 0.3) is 0 Å². The third-order valence-corrected chi connectivity index (χ3v) is 4.16. The maximum Gasteiger partial charge on any atom is 0.274 e. The molecule has 1 heterocycles. The minimum absolute atomic E-state index is 0.265. The van der Waals surface area contributed by atoms with Crippen molar-refractivity contribution >= 4 is 23.2 Å². The zero-order valence-corrected chi connectivity index (χ0v) is 15.8. The van der Waals surface area contributed by atoms with Crippen LogP contribution >= 0.6 is 0 Å².